The van der Waals surface area contributed by atoms with Crippen LogP contribution in [0.15, 0.2) is 84.4 Å². The van der Waals surface area contributed by atoms with Crippen molar-refractivity contribution in [3.05, 3.63) is 102 Å². The van der Waals surface area contributed by atoms with Crippen molar-refractivity contribution >= 4 is 16.7 Å². The number of nitrogens with one attached hydrogen (secondary N) is 1. The summed E-state index contributed by atoms with van der Waals surface area (Å²) < 4.78 is 13.9. The first-order chi connectivity index (χ1) is 16.6. The summed E-state index contributed by atoms with van der Waals surface area (Å²) in [6.45, 7) is 4.86. The number of hydrogen-bond acceptors (Lipinski definition) is 4. The van der Waals surface area contributed by atoms with Gasteiger partial charge in [-0.1, -0.05) is 37.3 Å². The van der Waals surface area contributed by atoms with Crippen LogP contribution >= 0.6 is 0 Å². The van der Waals surface area contributed by atoms with Crippen LogP contribution in [-0.2, 0) is 0 Å². The van der Waals surface area contributed by atoms with Crippen molar-refractivity contribution in [2.75, 3.05) is 6.54 Å². The van der Waals surface area contributed by atoms with Gasteiger partial charge in [0.15, 0.2) is 5.82 Å². The first-order valence-electron chi connectivity index (χ1n) is 11.3. The molecule has 0 bridgehead atoms. The number of halogens is 1. The maximum absolute atomic E-state index is 13.9. The zero-order valence-electron chi connectivity index (χ0n) is 19.1. The van der Waals surface area contributed by atoms with E-state index in [1.807, 2.05) is 24.4 Å². The van der Waals surface area contributed by atoms with Crippen molar-refractivity contribution < 1.29 is 4.39 Å². The predicted molar refractivity (Wildman–Crippen MR) is 134 cm³/mol. The summed E-state index contributed by atoms with van der Waals surface area (Å²) >= 11 is 0. The molecule has 0 saturated heterocycles. The number of fused-ring (bicyclic) bond motifs is 1. The van der Waals surface area contributed by atoms with E-state index in [1.54, 1.807) is 24.7 Å². The highest BCUT2D eigenvalue weighted by Crippen LogP contribution is 2.29. The lowest BCUT2D eigenvalue weighted by Gasteiger charge is -2.11. The molecule has 0 aliphatic rings. The van der Waals surface area contributed by atoms with Gasteiger partial charge in [0, 0.05) is 41.8 Å². The largest absolute Gasteiger partial charge is 0.335 e. The summed E-state index contributed by atoms with van der Waals surface area (Å²) in [5.74, 6) is 0.374. The lowest BCUT2D eigenvalue weighted by molar-refractivity contribution is 0.628. The van der Waals surface area contributed by atoms with Crippen LogP contribution in [0.2, 0.25) is 0 Å². The van der Waals surface area contributed by atoms with Gasteiger partial charge in [0.2, 0.25) is 0 Å². The van der Waals surface area contributed by atoms with Crippen molar-refractivity contribution in [1.29, 1.82) is 0 Å². The van der Waals surface area contributed by atoms with E-state index in [1.165, 1.54) is 12.1 Å². The summed E-state index contributed by atoms with van der Waals surface area (Å²) in [5.41, 5.74) is 8.04. The highest BCUT2D eigenvalue weighted by Gasteiger charge is 2.17. The van der Waals surface area contributed by atoms with Crippen molar-refractivity contribution in [2.45, 2.75) is 20.3 Å². The average Bonchev–Trinajstić information content (AvgIpc) is 3.30. The van der Waals surface area contributed by atoms with Crippen LogP contribution in [-0.4, -0.2) is 32.2 Å². The third-order valence-electron chi connectivity index (χ3n) is 5.74. The second-order valence-corrected chi connectivity index (χ2v) is 8.18. The predicted octanol–water partition coefficient (Wildman–Crippen LogP) is 6.38. The van der Waals surface area contributed by atoms with Gasteiger partial charge in [-0.25, -0.2) is 9.37 Å². The number of pyridine rings is 2. The van der Waals surface area contributed by atoms with E-state index in [-0.39, 0.29) is 5.82 Å². The van der Waals surface area contributed by atoms with E-state index in [0.717, 1.165) is 56.5 Å². The van der Waals surface area contributed by atoms with Crippen molar-refractivity contribution in [3.63, 3.8) is 0 Å². The second kappa shape index (κ2) is 9.35. The fourth-order valence-electron chi connectivity index (χ4n) is 4.01. The van der Waals surface area contributed by atoms with Gasteiger partial charge < -0.3 is 4.98 Å². The molecule has 0 aliphatic heterocycles. The standard InChI is InChI=1S/C28H24FN5/c1-3-11-32-27(23-14-19(10-9-18(23)2)21-7-5-12-30-15-21)28-33-25-17-31-16-24(26(25)34-28)20-6-4-8-22(29)13-20/h4-10,12-17H,3,11H2,1-2H3,(H,33,34)/b32-27+. The first-order valence-corrected chi connectivity index (χ1v) is 11.3. The van der Waals surface area contributed by atoms with E-state index in [9.17, 15) is 4.39 Å². The zero-order valence-corrected chi connectivity index (χ0v) is 19.1. The highest BCUT2D eigenvalue weighted by molar-refractivity contribution is 6.13. The minimum absolute atomic E-state index is 0.293. The number of H-pyrrole nitrogens is 1. The third-order valence-corrected chi connectivity index (χ3v) is 5.74. The lowest BCUT2D eigenvalue weighted by Crippen LogP contribution is -2.09. The van der Waals surface area contributed by atoms with Gasteiger partial charge in [-0.2, -0.15) is 0 Å². The summed E-state index contributed by atoms with van der Waals surface area (Å²) in [6, 6.07) is 16.8. The molecule has 0 fully saturated rings. The lowest BCUT2D eigenvalue weighted by atomic mass is 9.97. The normalized spacial score (nSPS) is 11.8. The molecule has 0 atom stereocenters. The molecule has 5 rings (SSSR count). The number of imidazole rings is 1. The monoisotopic (exact) mass is 449 g/mol. The average molecular weight is 450 g/mol. The molecule has 168 valence electrons. The minimum Gasteiger partial charge on any atom is -0.335 e. The van der Waals surface area contributed by atoms with Crippen LogP contribution in [0.25, 0.3) is 33.3 Å². The van der Waals surface area contributed by atoms with E-state index < -0.39 is 0 Å². The molecule has 3 aromatic heterocycles. The number of benzene rings is 2. The Morgan fingerprint density at radius 3 is 2.62 bits per heavy atom. The Morgan fingerprint density at radius 1 is 0.941 bits per heavy atom. The molecule has 0 radical (unpaired) electrons. The summed E-state index contributed by atoms with van der Waals surface area (Å²) in [4.78, 5) is 21.9. The smallest absolute Gasteiger partial charge is 0.157 e. The van der Waals surface area contributed by atoms with Gasteiger partial charge in [0.25, 0.3) is 0 Å². The highest BCUT2D eigenvalue weighted by atomic mass is 19.1. The molecular weight excluding hydrogens is 425 g/mol. The number of hydrogen-bond donors (Lipinski definition) is 1. The van der Waals surface area contributed by atoms with Gasteiger partial charge in [-0.3, -0.25) is 15.0 Å². The molecule has 5 nitrogen and oxygen atoms in total. The van der Waals surface area contributed by atoms with E-state index in [0.29, 0.717) is 12.4 Å². The van der Waals surface area contributed by atoms with E-state index in [4.69, 9.17) is 9.98 Å². The van der Waals surface area contributed by atoms with Crippen molar-refractivity contribution in [3.8, 4) is 22.3 Å². The van der Waals surface area contributed by atoms with Crippen LogP contribution in [0.3, 0.4) is 0 Å². The molecule has 3 heterocycles. The van der Waals surface area contributed by atoms with E-state index in [2.05, 4.69) is 47.0 Å². The van der Waals surface area contributed by atoms with Crippen LogP contribution in [0.4, 0.5) is 4.39 Å². The zero-order chi connectivity index (χ0) is 23.5. The molecule has 0 spiro atoms. The van der Waals surface area contributed by atoms with Crippen LogP contribution in [0, 0.1) is 12.7 Å². The SMILES string of the molecule is CCC/N=C(/c1nc2c(-c3cccc(F)c3)cncc2[nH]1)c1cc(-c2cccnc2)ccc1C. The molecule has 2 aromatic carbocycles. The Morgan fingerprint density at radius 2 is 1.82 bits per heavy atom. The molecule has 6 heteroatoms. The number of aryl methyl sites for hydroxylation is 1. The van der Waals surface area contributed by atoms with Gasteiger partial charge in [0.1, 0.15) is 11.5 Å². The first kappa shape index (κ1) is 21.6. The Bertz CT molecular complexity index is 1490. The third kappa shape index (κ3) is 4.22. The summed E-state index contributed by atoms with van der Waals surface area (Å²) in [5, 5.41) is 0. The number of rotatable bonds is 6. The Balaban J connectivity index is 1.66. The number of aromatic nitrogens is 4. The molecule has 5 aromatic rings. The van der Waals surface area contributed by atoms with Crippen LogP contribution in [0.1, 0.15) is 30.3 Å². The molecule has 0 aliphatic carbocycles. The van der Waals surface area contributed by atoms with Crippen molar-refractivity contribution in [1.82, 2.24) is 19.9 Å². The Kier molecular flexibility index (Phi) is 5.95. The number of aliphatic imine (C=N–C) groups is 1. The molecule has 34 heavy (non-hydrogen) atoms. The molecular formula is C28H24FN5. The molecule has 1 N–H and O–H groups in total. The van der Waals surface area contributed by atoms with Gasteiger partial charge in [0.05, 0.1) is 17.2 Å². The molecule has 0 unspecified atom stereocenters. The molecule has 0 saturated carbocycles. The fraction of sp³-hybridized carbons (Fsp3) is 0.143. The minimum atomic E-state index is -0.293. The Labute approximate surface area is 197 Å². The van der Waals surface area contributed by atoms with Gasteiger partial charge in [-0.15, -0.1) is 0 Å². The quantitative estimate of drug-likeness (QED) is 0.306. The molecule has 0 amide bonds. The van der Waals surface area contributed by atoms with Crippen LogP contribution in [0.5, 0.6) is 0 Å². The summed E-state index contributed by atoms with van der Waals surface area (Å²) in [6.07, 6.45) is 8.01. The maximum atomic E-state index is 13.9. The fourth-order valence-corrected chi connectivity index (χ4v) is 4.01. The van der Waals surface area contributed by atoms with Gasteiger partial charge in [-0.05, 0) is 54.3 Å². The number of aromatic amines is 1. The Hall–Kier alpha value is -4.19. The summed E-state index contributed by atoms with van der Waals surface area (Å²) in [7, 11) is 0. The topological polar surface area (TPSA) is 66.8 Å². The van der Waals surface area contributed by atoms with E-state index >= 15 is 0 Å². The number of nitrogens with zero attached hydrogens (tertiary/aromatic N) is 4. The van der Waals surface area contributed by atoms with Crippen LogP contribution < -0.4 is 0 Å². The van der Waals surface area contributed by atoms with Crippen molar-refractivity contribution in [2.24, 2.45) is 4.99 Å². The van der Waals surface area contributed by atoms with Gasteiger partial charge >= 0.3 is 0 Å². The maximum Gasteiger partial charge on any atom is 0.157 e. The second-order valence-electron chi connectivity index (χ2n) is 8.18.